The summed E-state index contributed by atoms with van der Waals surface area (Å²) in [6, 6.07) is 9.69. The van der Waals surface area contributed by atoms with Gasteiger partial charge in [-0.1, -0.05) is 37.5 Å². The van der Waals surface area contributed by atoms with Crippen molar-refractivity contribution in [3.8, 4) is 0 Å². The Bertz CT molecular complexity index is 1280. The Morgan fingerprint density at radius 1 is 0.977 bits per heavy atom. The first-order valence-corrected chi connectivity index (χ1v) is 16.2. The van der Waals surface area contributed by atoms with Crippen LogP contribution in [0.4, 0.5) is 18.0 Å². The van der Waals surface area contributed by atoms with Crippen LogP contribution in [0.2, 0.25) is 0 Å². The van der Waals surface area contributed by atoms with Crippen molar-refractivity contribution in [1.29, 1.82) is 0 Å². The van der Waals surface area contributed by atoms with Gasteiger partial charge in [0.25, 0.3) is 0 Å². The van der Waals surface area contributed by atoms with Crippen molar-refractivity contribution >= 4 is 12.0 Å². The van der Waals surface area contributed by atoms with Crippen LogP contribution in [0, 0.1) is 29.3 Å². The number of hydrogen-bond acceptors (Lipinski definition) is 4. The van der Waals surface area contributed by atoms with Crippen LogP contribution >= 0.6 is 0 Å². The second-order valence-corrected chi connectivity index (χ2v) is 12.8. The monoisotopic (exact) mass is 614 g/mol. The quantitative estimate of drug-likeness (QED) is 0.351. The van der Waals surface area contributed by atoms with Crippen LogP contribution in [-0.2, 0) is 11.3 Å². The minimum absolute atomic E-state index is 0.0445. The lowest BCUT2D eigenvalue weighted by Gasteiger charge is -2.39. The average Bonchev–Trinajstić information content (AvgIpc) is 3.42. The Kier molecular flexibility index (Phi) is 10.8. The Hall–Kier alpha value is -3.11. The number of halogens is 3. The fraction of sp³-hybridized carbons (Fsp3) is 0.588. The van der Waals surface area contributed by atoms with E-state index in [0.29, 0.717) is 25.2 Å². The molecule has 3 atom stereocenters. The molecule has 7 nitrogen and oxygen atoms in total. The summed E-state index contributed by atoms with van der Waals surface area (Å²) in [5.74, 6) is -2.51. The molecular weight excluding hydrogens is 569 g/mol. The van der Waals surface area contributed by atoms with Crippen molar-refractivity contribution in [3.63, 3.8) is 0 Å². The van der Waals surface area contributed by atoms with Gasteiger partial charge in [0.2, 0.25) is 0 Å². The summed E-state index contributed by atoms with van der Waals surface area (Å²) in [4.78, 5) is 31.9. The number of nitrogens with one attached hydrogen (secondary N) is 1. The molecule has 0 bridgehead atoms. The highest BCUT2D eigenvalue weighted by Crippen LogP contribution is 2.39. The number of likely N-dealkylation sites (tertiary alicyclic amines) is 2. The second kappa shape index (κ2) is 14.8. The first kappa shape index (κ1) is 32.3. The highest BCUT2D eigenvalue weighted by molar-refractivity contribution is 5.74. The first-order chi connectivity index (χ1) is 21.2. The molecule has 2 aromatic rings. The number of carbonyl (C=O) groups is 2. The van der Waals surface area contributed by atoms with Crippen molar-refractivity contribution in [2.24, 2.45) is 11.8 Å². The molecule has 240 valence electrons. The molecule has 0 spiro atoms. The maximum atomic E-state index is 14.3. The molecule has 2 heterocycles. The Balaban J connectivity index is 1.21. The van der Waals surface area contributed by atoms with E-state index in [9.17, 15) is 27.9 Å². The molecular formula is C34H45F3N4O3. The van der Waals surface area contributed by atoms with Gasteiger partial charge in [0.15, 0.2) is 11.6 Å². The topological polar surface area (TPSA) is 76.1 Å². The molecule has 3 fully saturated rings. The number of aliphatic carboxylic acids is 1. The molecule has 2 aromatic carbocycles. The van der Waals surface area contributed by atoms with Gasteiger partial charge in [-0.25, -0.2) is 18.0 Å². The number of carbonyl (C=O) groups excluding carboxylic acids is 1. The lowest BCUT2D eigenvalue weighted by atomic mass is 9.83. The number of benzene rings is 2. The summed E-state index contributed by atoms with van der Waals surface area (Å²) in [5, 5.41) is 13.1. The summed E-state index contributed by atoms with van der Waals surface area (Å²) in [6.07, 6.45) is 6.80. The highest BCUT2D eigenvalue weighted by atomic mass is 19.2. The van der Waals surface area contributed by atoms with E-state index in [0.717, 1.165) is 75.9 Å². The van der Waals surface area contributed by atoms with Gasteiger partial charge in [-0.3, -0.25) is 9.69 Å². The lowest BCUT2D eigenvalue weighted by molar-refractivity contribution is -0.145. The SMILES string of the molecule is CCN(C(=O)NCc1ccc(F)c(F)c1)C1CCN(C[C@H]2CN([C@@H](C(=O)O)C3CCCCC3)C[C@@H]2c2cccc(F)c2)CC1. The van der Waals surface area contributed by atoms with E-state index >= 15 is 0 Å². The Morgan fingerprint density at radius 3 is 2.39 bits per heavy atom. The fourth-order valence-electron chi connectivity index (χ4n) is 7.78. The largest absolute Gasteiger partial charge is 0.480 e. The summed E-state index contributed by atoms with van der Waals surface area (Å²) in [7, 11) is 0. The smallest absolute Gasteiger partial charge is 0.321 e. The molecule has 3 aliphatic rings. The highest BCUT2D eigenvalue weighted by Gasteiger charge is 2.43. The van der Waals surface area contributed by atoms with Gasteiger partial charge in [0.05, 0.1) is 0 Å². The van der Waals surface area contributed by atoms with Gasteiger partial charge in [-0.2, -0.15) is 0 Å². The summed E-state index contributed by atoms with van der Waals surface area (Å²) >= 11 is 0. The number of carboxylic acids is 1. The average molecular weight is 615 g/mol. The van der Waals surface area contributed by atoms with Gasteiger partial charge in [-0.15, -0.1) is 0 Å². The van der Waals surface area contributed by atoms with Crippen molar-refractivity contribution in [3.05, 3.63) is 71.0 Å². The van der Waals surface area contributed by atoms with Crippen LogP contribution < -0.4 is 5.32 Å². The molecule has 2 amide bonds. The van der Waals surface area contributed by atoms with Crippen molar-refractivity contribution < 1.29 is 27.9 Å². The van der Waals surface area contributed by atoms with Crippen LogP contribution in [0.1, 0.15) is 68.9 Å². The number of carboxylic acid groups (broad SMARTS) is 1. The van der Waals surface area contributed by atoms with Gasteiger partial charge in [-0.05, 0) is 79.8 Å². The summed E-state index contributed by atoms with van der Waals surface area (Å²) < 4.78 is 41.1. The Morgan fingerprint density at radius 2 is 1.73 bits per heavy atom. The molecule has 2 N–H and O–H groups in total. The number of hydrogen-bond donors (Lipinski definition) is 2. The fourth-order valence-corrected chi connectivity index (χ4v) is 7.78. The van der Waals surface area contributed by atoms with E-state index in [1.165, 1.54) is 18.6 Å². The van der Waals surface area contributed by atoms with Gasteiger partial charge in [0, 0.05) is 57.8 Å². The number of piperidine rings is 1. The molecule has 10 heteroatoms. The van der Waals surface area contributed by atoms with Crippen LogP contribution in [-0.4, -0.2) is 83.2 Å². The van der Waals surface area contributed by atoms with E-state index in [1.54, 1.807) is 12.1 Å². The maximum absolute atomic E-state index is 14.3. The molecule has 1 saturated carbocycles. The zero-order valence-corrected chi connectivity index (χ0v) is 25.6. The van der Waals surface area contributed by atoms with E-state index < -0.39 is 23.6 Å². The van der Waals surface area contributed by atoms with Crippen LogP contribution in [0.15, 0.2) is 42.5 Å². The number of rotatable bonds is 10. The third kappa shape index (κ3) is 7.75. The molecule has 2 aliphatic heterocycles. The molecule has 1 aliphatic carbocycles. The predicted octanol–water partition coefficient (Wildman–Crippen LogP) is 5.85. The second-order valence-electron chi connectivity index (χ2n) is 12.8. The molecule has 2 saturated heterocycles. The molecule has 0 radical (unpaired) electrons. The van der Waals surface area contributed by atoms with Crippen molar-refractivity contribution in [2.45, 2.75) is 76.4 Å². The minimum atomic E-state index is -0.936. The maximum Gasteiger partial charge on any atom is 0.321 e. The third-order valence-electron chi connectivity index (χ3n) is 10.0. The van der Waals surface area contributed by atoms with Crippen LogP contribution in [0.5, 0.6) is 0 Å². The standard InChI is InChI=1S/C34H45F3N4O3/c1-2-41(34(44)38-19-23-11-12-30(36)31(37)17-23)28-13-15-39(16-14-28)20-26-21-40(22-29(26)25-9-6-10-27(35)18-25)32(33(42)43)24-7-4-3-5-8-24/h6,9-12,17-18,24,26,28-29,32H,2-5,7-8,13-16,19-22H2,1H3,(H,38,44)(H,42,43)/t26-,29+,32+/m0/s1. The zero-order chi connectivity index (χ0) is 31.2. The predicted molar refractivity (Wildman–Crippen MR) is 163 cm³/mol. The summed E-state index contributed by atoms with van der Waals surface area (Å²) in [5.41, 5.74) is 1.42. The minimum Gasteiger partial charge on any atom is -0.480 e. The number of amides is 2. The van der Waals surface area contributed by atoms with E-state index in [1.807, 2.05) is 17.9 Å². The van der Waals surface area contributed by atoms with Gasteiger partial charge >= 0.3 is 12.0 Å². The summed E-state index contributed by atoms with van der Waals surface area (Å²) in [6.45, 7) is 6.25. The van der Waals surface area contributed by atoms with Crippen LogP contribution in [0.3, 0.4) is 0 Å². The van der Waals surface area contributed by atoms with E-state index in [2.05, 4.69) is 15.1 Å². The number of urea groups is 1. The van der Waals surface area contributed by atoms with Gasteiger partial charge < -0.3 is 20.2 Å². The number of nitrogens with zero attached hydrogens (tertiary/aromatic N) is 3. The first-order valence-electron chi connectivity index (χ1n) is 16.2. The normalized spacial score (nSPS) is 23.0. The Labute approximate surface area is 258 Å². The lowest BCUT2D eigenvalue weighted by Crippen LogP contribution is -2.51. The van der Waals surface area contributed by atoms with Crippen molar-refractivity contribution in [1.82, 2.24) is 20.0 Å². The molecule has 0 unspecified atom stereocenters. The zero-order valence-electron chi connectivity index (χ0n) is 25.6. The van der Waals surface area contributed by atoms with Gasteiger partial charge in [0.1, 0.15) is 11.9 Å². The molecule has 5 rings (SSSR count). The van der Waals surface area contributed by atoms with E-state index in [-0.39, 0.29) is 42.2 Å². The third-order valence-corrected chi connectivity index (χ3v) is 10.0. The molecule has 0 aromatic heterocycles. The van der Waals surface area contributed by atoms with Crippen LogP contribution in [0.25, 0.3) is 0 Å². The molecule has 44 heavy (non-hydrogen) atoms. The van der Waals surface area contributed by atoms with E-state index in [4.69, 9.17) is 0 Å². The van der Waals surface area contributed by atoms with Crippen molar-refractivity contribution in [2.75, 3.05) is 39.3 Å².